The third-order valence-electron chi connectivity index (χ3n) is 2.84. The summed E-state index contributed by atoms with van der Waals surface area (Å²) in [4.78, 5) is 0. The lowest BCUT2D eigenvalue weighted by Crippen LogP contribution is -2.01. The van der Waals surface area contributed by atoms with Crippen LogP contribution < -0.4 is 0 Å². The van der Waals surface area contributed by atoms with Crippen LogP contribution in [0, 0.1) is 0 Å². The van der Waals surface area contributed by atoms with Gasteiger partial charge in [-0.05, 0) is 35.4 Å². The van der Waals surface area contributed by atoms with Crippen molar-refractivity contribution in [2.45, 2.75) is 52.6 Å². The highest BCUT2D eigenvalue weighted by molar-refractivity contribution is 5.36. The average Bonchev–Trinajstić information content (AvgIpc) is 2.16. The molecule has 0 radical (unpaired) electrons. The molecule has 1 unspecified atom stereocenters. The summed E-state index contributed by atoms with van der Waals surface area (Å²) in [5.74, 6) is 1.06. The fourth-order valence-corrected chi connectivity index (χ4v) is 1.88. The zero-order valence-corrected chi connectivity index (χ0v) is 10.4. The first-order valence-electron chi connectivity index (χ1n) is 5.75. The van der Waals surface area contributed by atoms with Crippen LogP contribution in [0.3, 0.4) is 0 Å². The van der Waals surface area contributed by atoms with E-state index in [1.807, 2.05) is 13.0 Å². The maximum Gasteiger partial charge on any atom is 0.0762 e. The van der Waals surface area contributed by atoms with Crippen molar-refractivity contribution in [1.29, 1.82) is 0 Å². The fraction of sp³-hybridized carbons (Fsp3) is 0.571. The third kappa shape index (κ3) is 2.82. The summed E-state index contributed by atoms with van der Waals surface area (Å²) in [5, 5.41) is 9.56. The summed E-state index contributed by atoms with van der Waals surface area (Å²) in [7, 11) is 0. The minimum atomic E-state index is -0.372. The van der Waals surface area contributed by atoms with Crippen molar-refractivity contribution in [3.63, 3.8) is 0 Å². The molecule has 0 amide bonds. The Bertz CT molecular complexity index is 324. The molecule has 15 heavy (non-hydrogen) atoms. The van der Waals surface area contributed by atoms with E-state index in [-0.39, 0.29) is 6.10 Å². The van der Waals surface area contributed by atoms with Crippen LogP contribution in [0.2, 0.25) is 0 Å². The second-order valence-electron chi connectivity index (χ2n) is 4.87. The molecule has 1 rings (SSSR count). The Balaban J connectivity index is 3.21. The molecule has 0 aliphatic heterocycles. The van der Waals surface area contributed by atoms with E-state index in [4.69, 9.17) is 0 Å². The van der Waals surface area contributed by atoms with Crippen LogP contribution in [0.15, 0.2) is 18.2 Å². The number of rotatable bonds is 3. The second kappa shape index (κ2) is 4.80. The summed E-state index contributed by atoms with van der Waals surface area (Å²) in [6.07, 6.45) is -0.372. The molecule has 1 aromatic carbocycles. The zero-order chi connectivity index (χ0) is 11.6. The van der Waals surface area contributed by atoms with Crippen molar-refractivity contribution in [1.82, 2.24) is 0 Å². The monoisotopic (exact) mass is 206 g/mol. The van der Waals surface area contributed by atoms with Crippen LogP contribution in [-0.4, -0.2) is 5.11 Å². The number of hydrogen-bond donors (Lipinski definition) is 1. The van der Waals surface area contributed by atoms with Gasteiger partial charge in [0.25, 0.3) is 0 Å². The quantitative estimate of drug-likeness (QED) is 0.793. The van der Waals surface area contributed by atoms with Crippen LogP contribution in [0.5, 0.6) is 0 Å². The van der Waals surface area contributed by atoms with Gasteiger partial charge in [0.2, 0.25) is 0 Å². The fourth-order valence-electron chi connectivity index (χ4n) is 1.88. The highest BCUT2D eigenvalue weighted by Crippen LogP contribution is 2.28. The number of aliphatic hydroxyl groups is 1. The first-order chi connectivity index (χ1) is 6.93. The van der Waals surface area contributed by atoms with E-state index in [0.717, 1.165) is 5.56 Å². The van der Waals surface area contributed by atoms with Crippen LogP contribution in [0.4, 0.5) is 0 Å². The van der Waals surface area contributed by atoms with Crippen molar-refractivity contribution in [2.24, 2.45) is 0 Å². The summed E-state index contributed by atoms with van der Waals surface area (Å²) in [6.45, 7) is 10.6. The van der Waals surface area contributed by atoms with Gasteiger partial charge < -0.3 is 5.11 Å². The van der Waals surface area contributed by atoms with Gasteiger partial charge in [-0.25, -0.2) is 0 Å². The minimum Gasteiger partial charge on any atom is -0.389 e. The Morgan fingerprint density at radius 3 is 1.80 bits per heavy atom. The Hall–Kier alpha value is -0.820. The van der Waals surface area contributed by atoms with Crippen molar-refractivity contribution in [3.05, 3.63) is 34.9 Å². The van der Waals surface area contributed by atoms with Gasteiger partial charge >= 0.3 is 0 Å². The number of hydrogen-bond acceptors (Lipinski definition) is 1. The Labute approximate surface area is 93.1 Å². The molecule has 0 heterocycles. The number of aliphatic hydroxyl groups excluding tert-OH is 1. The Morgan fingerprint density at radius 1 is 0.867 bits per heavy atom. The van der Waals surface area contributed by atoms with Crippen LogP contribution in [0.1, 0.15) is 69.2 Å². The summed E-state index contributed by atoms with van der Waals surface area (Å²) in [5.41, 5.74) is 3.78. The highest BCUT2D eigenvalue weighted by Gasteiger charge is 2.12. The number of benzene rings is 1. The van der Waals surface area contributed by atoms with E-state index in [0.29, 0.717) is 11.8 Å². The second-order valence-corrected chi connectivity index (χ2v) is 4.87. The molecule has 1 aromatic rings. The molecular weight excluding hydrogens is 184 g/mol. The first kappa shape index (κ1) is 12.3. The van der Waals surface area contributed by atoms with Gasteiger partial charge in [-0.1, -0.05) is 45.9 Å². The van der Waals surface area contributed by atoms with E-state index >= 15 is 0 Å². The summed E-state index contributed by atoms with van der Waals surface area (Å²) in [6, 6.07) is 6.33. The molecule has 1 atom stereocenters. The minimum absolute atomic E-state index is 0.372. The largest absolute Gasteiger partial charge is 0.389 e. The van der Waals surface area contributed by atoms with Crippen LogP contribution in [-0.2, 0) is 0 Å². The smallest absolute Gasteiger partial charge is 0.0762 e. The maximum atomic E-state index is 9.56. The summed E-state index contributed by atoms with van der Waals surface area (Å²) >= 11 is 0. The SMILES string of the molecule is CC(C)c1ccc(C(C)O)cc1C(C)C. The van der Waals surface area contributed by atoms with Gasteiger partial charge in [-0.2, -0.15) is 0 Å². The molecule has 0 saturated carbocycles. The van der Waals surface area contributed by atoms with Crippen LogP contribution in [0.25, 0.3) is 0 Å². The average molecular weight is 206 g/mol. The molecular formula is C14H22O. The van der Waals surface area contributed by atoms with Crippen molar-refractivity contribution >= 4 is 0 Å². The van der Waals surface area contributed by atoms with E-state index < -0.39 is 0 Å². The van der Waals surface area contributed by atoms with Gasteiger partial charge in [0.15, 0.2) is 0 Å². The van der Waals surface area contributed by atoms with Gasteiger partial charge in [-0.3, -0.25) is 0 Å². The van der Waals surface area contributed by atoms with Gasteiger partial charge in [0.1, 0.15) is 0 Å². The van der Waals surface area contributed by atoms with E-state index in [2.05, 4.69) is 39.8 Å². The van der Waals surface area contributed by atoms with E-state index in [1.54, 1.807) is 0 Å². The van der Waals surface area contributed by atoms with Crippen LogP contribution >= 0.6 is 0 Å². The van der Waals surface area contributed by atoms with Gasteiger partial charge in [-0.15, -0.1) is 0 Å². The molecule has 1 nitrogen and oxygen atoms in total. The van der Waals surface area contributed by atoms with Crippen molar-refractivity contribution < 1.29 is 5.11 Å². The lowest BCUT2D eigenvalue weighted by molar-refractivity contribution is 0.199. The van der Waals surface area contributed by atoms with Gasteiger partial charge in [0, 0.05) is 0 Å². The maximum absolute atomic E-state index is 9.56. The predicted octanol–water partition coefficient (Wildman–Crippen LogP) is 3.99. The normalized spacial score (nSPS) is 13.6. The lowest BCUT2D eigenvalue weighted by atomic mass is 9.88. The lowest BCUT2D eigenvalue weighted by Gasteiger charge is -2.18. The third-order valence-corrected chi connectivity index (χ3v) is 2.84. The summed E-state index contributed by atoms with van der Waals surface area (Å²) < 4.78 is 0. The standard InChI is InChI=1S/C14H22O/c1-9(2)13-7-6-12(11(5)15)8-14(13)10(3)4/h6-11,15H,1-5H3. The molecule has 1 N–H and O–H groups in total. The van der Waals surface area contributed by atoms with E-state index in [9.17, 15) is 5.11 Å². The van der Waals surface area contributed by atoms with E-state index in [1.165, 1.54) is 11.1 Å². The highest BCUT2D eigenvalue weighted by atomic mass is 16.3. The molecule has 0 aliphatic carbocycles. The van der Waals surface area contributed by atoms with Crippen molar-refractivity contribution in [3.8, 4) is 0 Å². The molecule has 0 bridgehead atoms. The zero-order valence-electron chi connectivity index (χ0n) is 10.4. The molecule has 0 spiro atoms. The first-order valence-corrected chi connectivity index (χ1v) is 5.75. The molecule has 1 heteroatoms. The molecule has 0 fully saturated rings. The topological polar surface area (TPSA) is 20.2 Å². The van der Waals surface area contributed by atoms with Gasteiger partial charge in [0.05, 0.1) is 6.10 Å². The van der Waals surface area contributed by atoms with Crippen molar-refractivity contribution in [2.75, 3.05) is 0 Å². The molecule has 0 saturated heterocycles. The molecule has 84 valence electrons. The molecule has 0 aliphatic rings. The predicted molar refractivity (Wildman–Crippen MR) is 65.3 cm³/mol. The Morgan fingerprint density at radius 2 is 1.40 bits per heavy atom. The molecule has 0 aromatic heterocycles. The Kier molecular flexibility index (Phi) is 3.92.